The minimum absolute atomic E-state index is 0.206. The maximum atomic E-state index is 13.4. The molecule has 0 spiro atoms. The second-order valence-electron chi connectivity index (χ2n) is 6.32. The van der Waals surface area contributed by atoms with Crippen molar-refractivity contribution in [3.8, 4) is 5.75 Å². The number of carbonyl (C=O) groups is 2. The van der Waals surface area contributed by atoms with Crippen LogP contribution in [0, 0.1) is 12.7 Å². The summed E-state index contributed by atoms with van der Waals surface area (Å²) in [6.45, 7) is 4.59. The van der Waals surface area contributed by atoms with Crippen LogP contribution in [-0.4, -0.2) is 31.1 Å². The van der Waals surface area contributed by atoms with Gasteiger partial charge in [0.15, 0.2) is 0 Å². The first-order valence-electron chi connectivity index (χ1n) is 8.86. The summed E-state index contributed by atoms with van der Waals surface area (Å²) in [4.78, 5) is 26.3. The highest BCUT2D eigenvalue weighted by Crippen LogP contribution is 2.24. The summed E-state index contributed by atoms with van der Waals surface area (Å²) in [5.41, 5.74) is 1.72. The first kappa shape index (κ1) is 18.7. The fourth-order valence-electron chi connectivity index (χ4n) is 2.99. The number of carbonyl (C=O) groups excluding carboxylic acids is 2. The van der Waals surface area contributed by atoms with Crippen LogP contribution in [0.25, 0.3) is 0 Å². The summed E-state index contributed by atoms with van der Waals surface area (Å²) in [6.07, 6.45) is 0.492. The van der Waals surface area contributed by atoms with E-state index in [4.69, 9.17) is 4.74 Å². The Labute approximate surface area is 157 Å². The van der Waals surface area contributed by atoms with Crippen LogP contribution in [0.3, 0.4) is 0 Å². The van der Waals surface area contributed by atoms with Gasteiger partial charge in [-0.1, -0.05) is 0 Å². The number of nitrogens with one attached hydrogen (secondary N) is 2. The SMILES string of the molecule is CCOc1ccc(NC(=O)N[C@H]2CCN(c3ccc(F)c(C)c3)C2=O)cc1. The zero-order valence-corrected chi connectivity index (χ0v) is 15.3. The van der Waals surface area contributed by atoms with E-state index in [-0.39, 0.29) is 11.7 Å². The molecule has 3 amide bonds. The molecule has 1 aliphatic rings. The van der Waals surface area contributed by atoms with E-state index in [9.17, 15) is 14.0 Å². The van der Waals surface area contributed by atoms with Crippen molar-refractivity contribution in [2.24, 2.45) is 0 Å². The maximum absolute atomic E-state index is 13.4. The van der Waals surface area contributed by atoms with Gasteiger partial charge in [-0.25, -0.2) is 9.18 Å². The molecular formula is C20H22FN3O3. The summed E-state index contributed by atoms with van der Waals surface area (Å²) in [5, 5.41) is 5.40. The minimum Gasteiger partial charge on any atom is -0.494 e. The van der Waals surface area contributed by atoms with Crippen molar-refractivity contribution in [2.45, 2.75) is 26.3 Å². The summed E-state index contributed by atoms with van der Waals surface area (Å²) < 4.78 is 18.8. The minimum atomic E-state index is -0.613. The Morgan fingerprint density at radius 3 is 2.67 bits per heavy atom. The summed E-state index contributed by atoms with van der Waals surface area (Å²) >= 11 is 0. The van der Waals surface area contributed by atoms with Gasteiger partial charge in [0.05, 0.1) is 6.61 Å². The van der Waals surface area contributed by atoms with Crippen LogP contribution in [-0.2, 0) is 4.79 Å². The van der Waals surface area contributed by atoms with Gasteiger partial charge in [-0.05, 0) is 68.3 Å². The molecule has 27 heavy (non-hydrogen) atoms. The van der Waals surface area contributed by atoms with Crippen molar-refractivity contribution < 1.29 is 18.7 Å². The molecule has 1 saturated heterocycles. The van der Waals surface area contributed by atoms with Crippen molar-refractivity contribution in [1.29, 1.82) is 0 Å². The van der Waals surface area contributed by atoms with E-state index in [2.05, 4.69) is 10.6 Å². The lowest BCUT2D eigenvalue weighted by atomic mass is 10.2. The lowest BCUT2D eigenvalue weighted by Gasteiger charge is -2.18. The highest BCUT2D eigenvalue weighted by atomic mass is 19.1. The number of aryl methyl sites for hydroxylation is 1. The average Bonchev–Trinajstić information content (AvgIpc) is 3.00. The van der Waals surface area contributed by atoms with E-state index in [0.29, 0.717) is 36.5 Å². The third-order valence-corrected chi connectivity index (χ3v) is 4.39. The first-order chi connectivity index (χ1) is 13.0. The molecule has 6 nitrogen and oxygen atoms in total. The number of anilines is 2. The van der Waals surface area contributed by atoms with E-state index >= 15 is 0 Å². The fourth-order valence-corrected chi connectivity index (χ4v) is 2.99. The molecule has 7 heteroatoms. The quantitative estimate of drug-likeness (QED) is 0.846. The number of hydrogen-bond acceptors (Lipinski definition) is 3. The molecule has 0 radical (unpaired) electrons. The Kier molecular flexibility index (Phi) is 5.59. The molecule has 1 aliphatic heterocycles. The molecule has 1 fully saturated rings. The second-order valence-corrected chi connectivity index (χ2v) is 6.32. The van der Waals surface area contributed by atoms with Crippen molar-refractivity contribution >= 4 is 23.3 Å². The molecule has 1 atom stereocenters. The Balaban J connectivity index is 1.58. The van der Waals surface area contributed by atoms with Crippen LogP contribution in [0.1, 0.15) is 18.9 Å². The molecule has 0 aromatic heterocycles. The number of nitrogens with zero attached hydrogens (tertiary/aromatic N) is 1. The average molecular weight is 371 g/mol. The van der Waals surface area contributed by atoms with E-state index in [1.807, 2.05) is 6.92 Å². The molecule has 142 valence electrons. The van der Waals surface area contributed by atoms with Crippen LogP contribution in [0.4, 0.5) is 20.6 Å². The van der Waals surface area contributed by atoms with Gasteiger partial charge in [-0.2, -0.15) is 0 Å². The zero-order chi connectivity index (χ0) is 19.4. The third kappa shape index (κ3) is 4.36. The molecular weight excluding hydrogens is 349 g/mol. The van der Waals surface area contributed by atoms with Crippen molar-refractivity contribution in [3.05, 3.63) is 53.8 Å². The summed E-state index contributed by atoms with van der Waals surface area (Å²) in [5.74, 6) is 0.206. The number of rotatable bonds is 5. The lowest BCUT2D eigenvalue weighted by molar-refractivity contribution is -0.118. The highest BCUT2D eigenvalue weighted by molar-refractivity contribution is 6.02. The van der Waals surface area contributed by atoms with Gasteiger partial charge in [0.2, 0.25) is 5.91 Å². The Morgan fingerprint density at radius 2 is 2.00 bits per heavy atom. The van der Waals surface area contributed by atoms with E-state index < -0.39 is 12.1 Å². The van der Waals surface area contributed by atoms with Gasteiger partial charge in [-0.15, -0.1) is 0 Å². The number of hydrogen-bond donors (Lipinski definition) is 2. The van der Waals surface area contributed by atoms with E-state index in [1.54, 1.807) is 48.2 Å². The predicted octanol–water partition coefficient (Wildman–Crippen LogP) is 3.46. The highest BCUT2D eigenvalue weighted by Gasteiger charge is 2.33. The lowest BCUT2D eigenvalue weighted by Crippen LogP contribution is -2.43. The second kappa shape index (κ2) is 8.07. The normalized spacial score (nSPS) is 16.3. The van der Waals surface area contributed by atoms with E-state index in [0.717, 1.165) is 5.75 Å². The molecule has 0 bridgehead atoms. The van der Waals surface area contributed by atoms with Crippen LogP contribution in [0.2, 0.25) is 0 Å². The van der Waals surface area contributed by atoms with Crippen molar-refractivity contribution in [2.75, 3.05) is 23.4 Å². The van der Waals surface area contributed by atoms with Gasteiger partial charge < -0.3 is 20.3 Å². The molecule has 2 aromatic rings. The fraction of sp³-hybridized carbons (Fsp3) is 0.300. The van der Waals surface area contributed by atoms with Crippen molar-refractivity contribution in [3.63, 3.8) is 0 Å². The molecule has 1 heterocycles. The molecule has 2 aromatic carbocycles. The zero-order valence-electron chi connectivity index (χ0n) is 15.3. The molecule has 0 unspecified atom stereocenters. The number of urea groups is 1. The van der Waals surface area contributed by atoms with Gasteiger partial charge in [0.25, 0.3) is 0 Å². The molecule has 0 aliphatic carbocycles. The van der Waals surface area contributed by atoms with Crippen LogP contribution >= 0.6 is 0 Å². The number of amides is 3. The predicted molar refractivity (Wildman–Crippen MR) is 102 cm³/mol. The third-order valence-electron chi connectivity index (χ3n) is 4.39. The Morgan fingerprint density at radius 1 is 1.26 bits per heavy atom. The van der Waals surface area contributed by atoms with Gasteiger partial charge in [0, 0.05) is 17.9 Å². The first-order valence-corrected chi connectivity index (χ1v) is 8.86. The Hall–Kier alpha value is -3.09. The van der Waals surface area contributed by atoms with Crippen LogP contribution in [0.5, 0.6) is 5.75 Å². The summed E-state index contributed by atoms with van der Waals surface area (Å²) in [7, 11) is 0. The topological polar surface area (TPSA) is 70.7 Å². The maximum Gasteiger partial charge on any atom is 0.319 e. The summed E-state index contributed by atoms with van der Waals surface area (Å²) in [6, 6.07) is 10.5. The largest absolute Gasteiger partial charge is 0.494 e. The number of halogens is 1. The van der Waals surface area contributed by atoms with Gasteiger partial charge in [-0.3, -0.25) is 4.79 Å². The van der Waals surface area contributed by atoms with Gasteiger partial charge in [0.1, 0.15) is 17.6 Å². The molecule has 0 saturated carbocycles. The monoisotopic (exact) mass is 371 g/mol. The smallest absolute Gasteiger partial charge is 0.319 e. The molecule has 2 N–H and O–H groups in total. The van der Waals surface area contributed by atoms with Crippen molar-refractivity contribution in [1.82, 2.24) is 5.32 Å². The number of ether oxygens (including phenoxy) is 1. The van der Waals surface area contributed by atoms with Gasteiger partial charge >= 0.3 is 6.03 Å². The number of benzene rings is 2. The van der Waals surface area contributed by atoms with Crippen LogP contribution in [0.15, 0.2) is 42.5 Å². The molecule has 3 rings (SSSR count). The van der Waals surface area contributed by atoms with E-state index in [1.165, 1.54) is 6.07 Å². The standard InChI is InChI=1S/C20H22FN3O3/c1-3-27-16-7-4-14(5-8-16)22-20(26)23-18-10-11-24(19(18)25)15-6-9-17(21)13(2)12-15/h4-9,12,18H,3,10-11H2,1-2H3,(H2,22,23,26)/t18-/m0/s1. The van der Waals surface area contributed by atoms with Crippen LogP contribution < -0.4 is 20.3 Å². The Bertz CT molecular complexity index is 839.